The van der Waals surface area contributed by atoms with Crippen molar-refractivity contribution in [3.05, 3.63) is 29.3 Å². The number of carbonyl (C=O) groups is 2. The summed E-state index contributed by atoms with van der Waals surface area (Å²) in [4.78, 5) is 25.5. The highest BCUT2D eigenvalue weighted by Gasteiger charge is 2.52. The lowest BCUT2D eigenvalue weighted by Crippen LogP contribution is -2.41. The summed E-state index contributed by atoms with van der Waals surface area (Å²) in [5.74, 6) is 0.0189. The number of hydrogen-bond donors (Lipinski definition) is 2. The van der Waals surface area contributed by atoms with Crippen LogP contribution in [0.15, 0.2) is 18.2 Å². The van der Waals surface area contributed by atoms with E-state index < -0.39 is 24.4 Å². The maximum absolute atomic E-state index is 12.8. The molecule has 2 amide bonds. The SMILES string of the molecule is CC1(C)OB(c2ccc(C(=O)N3CCCC3)cc2CCNC(=O)O)OC1(C)C. The monoisotopic (exact) mass is 388 g/mol. The number of hydrogen-bond acceptors (Lipinski definition) is 4. The third kappa shape index (κ3) is 4.18. The molecule has 0 bridgehead atoms. The summed E-state index contributed by atoms with van der Waals surface area (Å²) in [6.07, 6.45) is 1.45. The maximum atomic E-state index is 12.8. The lowest BCUT2D eigenvalue weighted by Gasteiger charge is -2.32. The average molecular weight is 388 g/mol. The molecule has 0 spiro atoms. The van der Waals surface area contributed by atoms with Crippen molar-refractivity contribution in [3.8, 4) is 0 Å². The van der Waals surface area contributed by atoms with Gasteiger partial charge < -0.3 is 24.6 Å². The smallest absolute Gasteiger partial charge is 0.465 e. The van der Waals surface area contributed by atoms with E-state index in [1.54, 1.807) is 0 Å². The minimum Gasteiger partial charge on any atom is -0.465 e. The molecule has 0 unspecified atom stereocenters. The van der Waals surface area contributed by atoms with Crippen molar-refractivity contribution in [3.63, 3.8) is 0 Å². The van der Waals surface area contributed by atoms with Gasteiger partial charge in [0.15, 0.2) is 0 Å². The van der Waals surface area contributed by atoms with Gasteiger partial charge in [0, 0.05) is 25.2 Å². The maximum Gasteiger partial charge on any atom is 0.495 e. The molecule has 0 atom stereocenters. The van der Waals surface area contributed by atoms with Crippen molar-refractivity contribution in [1.82, 2.24) is 10.2 Å². The van der Waals surface area contributed by atoms with Crippen LogP contribution >= 0.6 is 0 Å². The second kappa shape index (κ2) is 7.76. The summed E-state index contributed by atoms with van der Waals surface area (Å²) in [5, 5.41) is 11.3. The number of nitrogens with zero attached hydrogens (tertiary/aromatic N) is 1. The number of benzene rings is 1. The highest BCUT2D eigenvalue weighted by molar-refractivity contribution is 6.62. The lowest BCUT2D eigenvalue weighted by atomic mass is 9.74. The fourth-order valence-electron chi connectivity index (χ4n) is 3.56. The van der Waals surface area contributed by atoms with Crippen molar-refractivity contribution >= 4 is 24.6 Å². The highest BCUT2D eigenvalue weighted by Crippen LogP contribution is 2.36. The van der Waals surface area contributed by atoms with Crippen LogP contribution in [0.3, 0.4) is 0 Å². The molecule has 1 aromatic rings. The van der Waals surface area contributed by atoms with Gasteiger partial charge in [0.1, 0.15) is 0 Å². The quantitative estimate of drug-likeness (QED) is 0.754. The summed E-state index contributed by atoms with van der Waals surface area (Å²) in [7, 11) is -0.555. The number of carboxylic acid groups (broad SMARTS) is 1. The van der Waals surface area contributed by atoms with Crippen LogP contribution in [0.25, 0.3) is 0 Å². The third-order valence-corrected chi connectivity index (χ3v) is 5.96. The Bertz CT molecular complexity index is 743. The zero-order valence-corrected chi connectivity index (χ0v) is 17.1. The zero-order valence-electron chi connectivity index (χ0n) is 17.1. The van der Waals surface area contributed by atoms with E-state index >= 15 is 0 Å². The second-order valence-electron chi connectivity index (χ2n) is 8.48. The Morgan fingerprint density at radius 3 is 2.32 bits per heavy atom. The topological polar surface area (TPSA) is 88.1 Å². The van der Waals surface area contributed by atoms with E-state index in [1.807, 2.05) is 50.8 Å². The van der Waals surface area contributed by atoms with E-state index in [0.29, 0.717) is 12.0 Å². The normalized spacial score (nSPS) is 20.4. The first kappa shape index (κ1) is 20.7. The molecule has 2 aliphatic rings. The first-order valence-electron chi connectivity index (χ1n) is 9.85. The van der Waals surface area contributed by atoms with Crippen LogP contribution in [0.2, 0.25) is 0 Å². The highest BCUT2D eigenvalue weighted by atomic mass is 16.7. The molecular formula is C20H29BN2O5. The zero-order chi connectivity index (χ0) is 20.5. The van der Waals surface area contributed by atoms with Gasteiger partial charge in [-0.05, 0) is 70.1 Å². The van der Waals surface area contributed by atoms with Crippen LogP contribution in [-0.4, -0.2) is 60.0 Å². The van der Waals surface area contributed by atoms with Crippen molar-refractivity contribution in [2.24, 2.45) is 0 Å². The van der Waals surface area contributed by atoms with Gasteiger partial charge in [0.25, 0.3) is 5.91 Å². The van der Waals surface area contributed by atoms with Crippen molar-refractivity contribution in [2.45, 2.75) is 58.2 Å². The molecular weight excluding hydrogens is 359 g/mol. The Labute approximate surface area is 166 Å². The molecule has 3 rings (SSSR count). The third-order valence-electron chi connectivity index (χ3n) is 5.96. The standard InChI is InChI=1S/C20H29BN2O5/c1-19(2)20(3,4)28-21(27-19)16-8-7-15(17(24)23-11-5-6-12-23)13-14(16)9-10-22-18(25)26/h7-8,13,22H,5-6,9-12H2,1-4H3,(H,25,26). The Morgan fingerprint density at radius 1 is 1.14 bits per heavy atom. The molecule has 28 heavy (non-hydrogen) atoms. The summed E-state index contributed by atoms with van der Waals surface area (Å²) in [6.45, 7) is 9.78. The number of amides is 2. The Morgan fingerprint density at radius 2 is 1.75 bits per heavy atom. The number of rotatable bonds is 5. The van der Waals surface area contributed by atoms with Gasteiger partial charge in [-0.1, -0.05) is 6.07 Å². The molecule has 7 nitrogen and oxygen atoms in total. The largest absolute Gasteiger partial charge is 0.495 e. The van der Waals surface area contributed by atoms with Crippen LogP contribution in [0.1, 0.15) is 56.5 Å². The van der Waals surface area contributed by atoms with Crippen molar-refractivity contribution in [1.29, 1.82) is 0 Å². The predicted molar refractivity (Wildman–Crippen MR) is 107 cm³/mol. The molecule has 0 aromatic heterocycles. The number of likely N-dealkylation sites (tertiary alicyclic amines) is 1. The van der Waals surface area contributed by atoms with Crippen LogP contribution in [0, 0.1) is 0 Å². The van der Waals surface area contributed by atoms with Gasteiger partial charge in [-0.3, -0.25) is 4.79 Å². The van der Waals surface area contributed by atoms with Gasteiger partial charge in [-0.15, -0.1) is 0 Å². The first-order chi connectivity index (χ1) is 13.1. The van der Waals surface area contributed by atoms with Gasteiger partial charge in [-0.2, -0.15) is 0 Å². The summed E-state index contributed by atoms with van der Waals surface area (Å²) in [6, 6.07) is 5.54. The molecule has 2 heterocycles. The van der Waals surface area contributed by atoms with E-state index in [0.717, 1.165) is 37.0 Å². The molecule has 2 saturated heterocycles. The number of carbonyl (C=O) groups excluding carboxylic acids is 1. The molecule has 1 aromatic carbocycles. The average Bonchev–Trinajstić information content (AvgIpc) is 3.20. The molecule has 152 valence electrons. The minimum atomic E-state index is -1.07. The van der Waals surface area contributed by atoms with Crippen LogP contribution in [0.5, 0.6) is 0 Å². The fraction of sp³-hybridized carbons (Fsp3) is 0.600. The molecule has 0 radical (unpaired) electrons. The first-order valence-corrected chi connectivity index (χ1v) is 9.85. The lowest BCUT2D eigenvalue weighted by molar-refractivity contribution is 0.00578. The van der Waals surface area contributed by atoms with Gasteiger partial charge in [0.2, 0.25) is 0 Å². The molecule has 2 fully saturated rings. The Hall–Kier alpha value is -2.06. The predicted octanol–water partition coefficient (Wildman–Crippen LogP) is 2.03. The van der Waals surface area contributed by atoms with Gasteiger partial charge in [0.05, 0.1) is 11.2 Å². The van der Waals surface area contributed by atoms with Crippen LogP contribution < -0.4 is 10.8 Å². The molecule has 2 aliphatic heterocycles. The van der Waals surface area contributed by atoms with E-state index in [9.17, 15) is 9.59 Å². The Balaban J connectivity index is 1.88. The summed E-state index contributed by atoms with van der Waals surface area (Å²) < 4.78 is 12.3. The molecule has 2 N–H and O–H groups in total. The fourth-order valence-corrected chi connectivity index (χ4v) is 3.56. The second-order valence-corrected chi connectivity index (χ2v) is 8.48. The molecule has 8 heteroatoms. The minimum absolute atomic E-state index is 0.0189. The van der Waals surface area contributed by atoms with Crippen molar-refractivity contribution in [2.75, 3.05) is 19.6 Å². The summed E-state index contributed by atoms with van der Waals surface area (Å²) >= 11 is 0. The number of nitrogens with one attached hydrogen (secondary N) is 1. The molecule has 0 aliphatic carbocycles. The van der Waals surface area contributed by atoms with Crippen molar-refractivity contribution < 1.29 is 24.0 Å². The van der Waals surface area contributed by atoms with Crippen LogP contribution in [-0.2, 0) is 15.7 Å². The van der Waals surface area contributed by atoms with Gasteiger partial charge >= 0.3 is 13.2 Å². The van der Waals surface area contributed by atoms with Gasteiger partial charge in [-0.25, -0.2) is 4.79 Å². The Kier molecular flexibility index (Phi) is 5.73. The summed E-state index contributed by atoms with van der Waals surface area (Å²) in [5.41, 5.74) is 1.37. The van der Waals surface area contributed by atoms with E-state index in [4.69, 9.17) is 14.4 Å². The molecule has 0 saturated carbocycles. The van der Waals surface area contributed by atoms with E-state index in [1.165, 1.54) is 0 Å². The van der Waals surface area contributed by atoms with E-state index in [2.05, 4.69) is 5.32 Å². The van der Waals surface area contributed by atoms with Crippen LogP contribution in [0.4, 0.5) is 4.79 Å². The van der Waals surface area contributed by atoms with E-state index in [-0.39, 0.29) is 12.5 Å².